The molecule has 146 valence electrons. The lowest BCUT2D eigenvalue weighted by Gasteiger charge is -2.47. The molecule has 1 heterocycles. The number of benzene rings is 1. The molecule has 0 aromatic heterocycles. The Labute approximate surface area is 170 Å². The van der Waals surface area contributed by atoms with Crippen LogP contribution in [0.25, 0.3) is 5.57 Å². The van der Waals surface area contributed by atoms with E-state index in [2.05, 4.69) is 84.0 Å². The minimum atomic E-state index is -0.0160. The van der Waals surface area contributed by atoms with Crippen molar-refractivity contribution in [2.24, 2.45) is 16.3 Å². The Kier molecular flexibility index (Phi) is 4.41. The predicted molar refractivity (Wildman–Crippen MR) is 122 cm³/mol. The molecule has 0 N–H and O–H groups in total. The van der Waals surface area contributed by atoms with E-state index in [0.717, 1.165) is 13.0 Å². The molecule has 2 bridgehead atoms. The Balaban J connectivity index is 2.11. The zero-order chi connectivity index (χ0) is 20.3. The fourth-order valence-corrected chi connectivity index (χ4v) is 5.62. The molecule has 1 aliphatic heterocycles. The first-order chi connectivity index (χ1) is 13.2. The lowest BCUT2D eigenvalue weighted by molar-refractivity contribution is 0.304. The number of aliphatic imine (C=N–C) groups is 1. The molecule has 1 aromatic carbocycles. The zero-order valence-corrected chi connectivity index (χ0v) is 18.3. The highest BCUT2D eigenvalue weighted by Gasteiger charge is 2.45. The summed E-state index contributed by atoms with van der Waals surface area (Å²) in [5, 5.41) is 0. The maximum atomic E-state index is 5.12. The Morgan fingerprint density at radius 1 is 1.21 bits per heavy atom. The number of nitrogens with zero attached hydrogens (tertiary/aromatic N) is 1. The van der Waals surface area contributed by atoms with E-state index in [9.17, 15) is 0 Å². The number of hydrogen-bond donors (Lipinski definition) is 0. The van der Waals surface area contributed by atoms with Crippen LogP contribution in [0.3, 0.4) is 0 Å². The molecule has 3 aliphatic rings. The summed E-state index contributed by atoms with van der Waals surface area (Å²) in [7, 11) is 0. The normalized spacial score (nSPS) is 33.1. The molecule has 0 radical (unpaired) electrons. The first kappa shape index (κ1) is 19.2. The number of hydrogen-bond acceptors (Lipinski definition) is 1. The van der Waals surface area contributed by atoms with E-state index in [4.69, 9.17) is 11.6 Å². The minimum Gasteiger partial charge on any atom is -0.293 e. The highest BCUT2D eigenvalue weighted by atomic mass is 14.8. The molecule has 28 heavy (non-hydrogen) atoms. The monoisotopic (exact) mass is 371 g/mol. The van der Waals surface area contributed by atoms with Crippen LogP contribution < -0.4 is 0 Å². The smallest absolute Gasteiger partial charge is 0.0483 e. The SMILES string of the molecule is C=C1C2=C3C=CCC2C(C)(C=CC)C/N=C(\C)C(C)c2cccc(c21)C3(C)C. The van der Waals surface area contributed by atoms with Crippen molar-refractivity contribution >= 4 is 11.3 Å². The third kappa shape index (κ3) is 2.55. The third-order valence-electron chi connectivity index (χ3n) is 7.47. The van der Waals surface area contributed by atoms with Gasteiger partial charge in [-0.15, -0.1) is 0 Å². The van der Waals surface area contributed by atoms with Gasteiger partial charge in [-0.2, -0.15) is 0 Å². The van der Waals surface area contributed by atoms with Crippen molar-refractivity contribution in [3.8, 4) is 0 Å². The van der Waals surface area contributed by atoms with Crippen LogP contribution in [0.1, 0.15) is 70.6 Å². The van der Waals surface area contributed by atoms with E-state index in [1.165, 1.54) is 39.1 Å². The van der Waals surface area contributed by atoms with Gasteiger partial charge in [0.25, 0.3) is 0 Å². The first-order valence-corrected chi connectivity index (χ1v) is 10.6. The van der Waals surface area contributed by atoms with Gasteiger partial charge in [0, 0.05) is 29.0 Å². The van der Waals surface area contributed by atoms with Gasteiger partial charge in [0.1, 0.15) is 0 Å². The Bertz CT molecular complexity index is 966. The van der Waals surface area contributed by atoms with Gasteiger partial charge in [-0.3, -0.25) is 4.99 Å². The van der Waals surface area contributed by atoms with Gasteiger partial charge < -0.3 is 0 Å². The molecule has 2 aliphatic carbocycles. The summed E-state index contributed by atoms with van der Waals surface area (Å²) in [6.45, 7) is 19.3. The van der Waals surface area contributed by atoms with Gasteiger partial charge in [0.15, 0.2) is 0 Å². The van der Waals surface area contributed by atoms with Gasteiger partial charge in [0.05, 0.1) is 0 Å². The second-order valence-electron chi connectivity index (χ2n) is 9.58. The zero-order valence-electron chi connectivity index (χ0n) is 18.3. The van der Waals surface area contributed by atoms with Crippen molar-refractivity contribution in [1.82, 2.24) is 0 Å². The lowest BCUT2D eigenvalue weighted by Crippen LogP contribution is -2.38. The summed E-state index contributed by atoms with van der Waals surface area (Å²) in [6.07, 6.45) is 10.4. The molecule has 3 unspecified atom stereocenters. The Morgan fingerprint density at radius 2 is 1.96 bits per heavy atom. The second kappa shape index (κ2) is 6.44. The van der Waals surface area contributed by atoms with Gasteiger partial charge in [-0.25, -0.2) is 0 Å². The molecule has 4 rings (SSSR count). The van der Waals surface area contributed by atoms with Crippen molar-refractivity contribution in [2.45, 2.75) is 59.3 Å². The summed E-state index contributed by atoms with van der Waals surface area (Å²) in [5.74, 6) is 0.705. The molecular weight excluding hydrogens is 338 g/mol. The van der Waals surface area contributed by atoms with E-state index < -0.39 is 0 Å². The quantitative estimate of drug-likeness (QED) is 0.470. The molecule has 3 atom stereocenters. The van der Waals surface area contributed by atoms with E-state index >= 15 is 0 Å². The standard InChI is InChI=1S/C27H33N/c1-8-15-27(7)16-28-19(4)17(2)20-11-9-12-21-24(20)18(3)25-22(26(21,5)6)13-10-14-23(25)27/h8-13,15,17,23H,3,14,16H2,1-2,4-7H3/b15-8?,28-19+. The van der Waals surface area contributed by atoms with Gasteiger partial charge in [-0.1, -0.05) is 76.8 Å². The van der Waals surface area contributed by atoms with Gasteiger partial charge in [0.2, 0.25) is 0 Å². The van der Waals surface area contributed by atoms with E-state index in [0.29, 0.717) is 11.8 Å². The summed E-state index contributed by atoms with van der Waals surface area (Å²) < 4.78 is 0. The highest BCUT2D eigenvalue weighted by Crippen LogP contribution is 2.56. The van der Waals surface area contributed by atoms with Crippen LogP contribution in [0.4, 0.5) is 0 Å². The van der Waals surface area contributed by atoms with Crippen molar-refractivity contribution in [2.75, 3.05) is 6.54 Å². The van der Waals surface area contributed by atoms with Crippen molar-refractivity contribution in [1.29, 1.82) is 0 Å². The van der Waals surface area contributed by atoms with Crippen LogP contribution >= 0.6 is 0 Å². The average Bonchev–Trinajstić information content (AvgIpc) is 2.68. The van der Waals surface area contributed by atoms with E-state index in [1.54, 1.807) is 0 Å². The van der Waals surface area contributed by atoms with E-state index in [1.807, 2.05) is 0 Å². The van der Waals surface area contributed by atoms with Crippen molar-refractivity contribution in [3.05, 3.63) is 76.9 Å². The Hall–Kier alpha value is -2.15. The van der Waals surface area contributed by atoms with Gasteiger partial charge in [-0.05, 0) is 59.6 Å². The second-order valence-corrected chi connectivity index (χ2v) is 9.58. The maximum absolute atomic E-state index is 5.12. The molecule has 0 amide bonds. The van der Waals surface area contributed by atoms with Crippen LogP contribution in [-0.2, 0) is 5.41 Å². The maximum Gasteiger partial charge on any atom is 0.0483 e. The summed E-state index contributed by atoms with van der Waals surface area (Å²) in [5.41, 5.74) is 9.52. The summed E-state index contributed by atoms with van der Waals surface area (Å²) >= 11 is 0. The van der Waals surface area contributed by atoms with Crippen molar-refractivity contribution < 1.29 is 0 Å². The molecule has 0 fully saturated rings. The average molecular weight is 372 g/mol. The summed E-state index contributed by atoms with van der Waals surface area (Å²) in [4.78, 5) is 5.12. The lowest BCUT2D eigenvalue weighted by atomic mass is 9.57. The van der Waals surface area contributed by atoms with Crippen LogP contribution in [0.2, 0.25) is 0 Å². The van der Waals surface area contributed by atoms with Crippen LogP contribution in [0.5, 0.6) is 0 Å². The first-order valence-electron chi connectivity index (χ1n) is 10.6. The predicted octanol–water partition coefficient (Wildman–Crippen LogP) is 7.02. The molecule has 1 aromatic rings. The number of rotatable bonds is 1. The molecule has 1 heteroatoms. The molecule has 0 saturated carbocycles. The van der Waals surface area contributed by atoms with E-state index in [-0.39, 0.29) is 10.8 Å². The fourth-order valence-electron chi connectivity index (χ4n) is 5.62. The van der Waals surface area contributed by atoms with Crippen LogP contribution in [0.15, 0.2) is 65.2 Å². The van der Waals surface area contributed by atoms with Crippen LogP contribution in [-0.4, -0.2) is 12.3 Å². The molecular formula is C27H33N. The summed E-state index contributed by atoms with van der Waals surface area (Å²) in [6, 6.07) is 6.81. The molecule has 0 saturated heterocycles. The topological polar surface area (TPSA) is 12.4 Å². The Morgan fingerprint density at radius 3 is 2.68 bits per heavy atom. The highest BCUT2D eigenvalue weighted by molar-refractivity contribution is 5.94. The fraction of sp³-hybridized carbons (Fsp3) is 0.444. The largest absolute Gasteiger partial charge is 0.293 e. The molecule has 0 spiro atoms. The third-order valence-corrected chi connectivity index (χ3v) is 7.47. The van der Waals surface area contributed by atoms with Gasteiger partial charge >= 0.3 is 0 Å². The van der Waals surface area contributed by atoms with Crippen molar-refractivity contribution in [3.63, 3.8) is 0 Å². The number of allylic oxidation sites excluding steroid dienone is 6. The molecule has 1 nitrogen and oxygen atoms in total. The van der Waals surface area contributed by atoms with Crippen LogP contribution in [0, 0.1) is 11.3 Å². The minimum absolute atomic E-state index is 0.0100.